The highest BCUT2D eigenvalue weighted by molar-refractivity contribution is 6.73. The second-order valence-electron chi connectivity index (χ2n) is 5.26. The Morgan fingerprint density at radius 3 is 2.63 bits per heavy atom. The van der Waals surface area contributed by atoms with Crippen molar-refractivity contribution in [3.8, 4) is 5.75 Å². The molecule has 0 bridgehead atoms. The highest BCUT2D eigenvalue weighted by atomic mass is 19.4. The molecule has 1 fully saturated rings. The topological polar surface area (TPSA) is 9.23 Å². The van der Waals surface area contributed by atoms with E-state index >= 15 is 0 Å². The highest BCUT2D eigenvalue weighted by Gasteiger charge is 2.28. The maximum Gasteiger partial charge on any atom is 0.509 e. The molecule has 0 N–H and O–H groups in total. The van der Waals surface area contributed by atoms with Crippen molar-refractivity contribution >= 4 is 12.4 Å². The number of halogens is 3. The molecule has 2 unspecified atom stereocenters. The first-order chi connectivity index (χ1) is 9.00. The molecule has 0 aliphatic heterocycles. The Hall–Kier alpha value is -1.13. The maximum atomic E-state index is 12.7. The molecular weight excluding hydrogens is 252 g/mol. The minimum absolute atomic E-state index is 0.0646. The summed E-state index contributed by atoms with van der Waals surface area (Å²) in [6.45, 7) is -2.84. The minimum atomic E-state index is -4.95. The smallest absolute Gasteiger partial charge is 0.490 e. The lowest BCUT2D eigenvalue weighted by atomic mass is 9.80. The Balaban J connectivity index is 2.10. The molecule has 0 heterocycles. The molecule has 0 amide bonds. The van der Waals surface area contributed by atoms with Crippen molar-refractivity contribution in [2.24, 2.45) is 5.92 Å². The molecule has 1 saturated carbocycles. The van der Waals surface area contributed by atoms with E-state index in [4.69, 9.17) is 4.74 Å². The average Bonchev–Trinajstić information content (AvgIpc) is 2.39. The van der Waals surface area contributed by atoms with Gasteiger partial charge in [-0.2, -0.15) is 0 Å². The van der Waals surface area contributed by atoms with Crippen LogP contribution in [-0.2, 0) is 0 Å². The average molecular weight is 271 g/mol. The lowest BCUT2D eigenvalue weighted by Gasteiger charge is -2.31. The molecule has 0 radical (unpaired) electrons. The van der Waals surface area contributed by atoms with Gasteiger partial charge < -0.3 is 17.7 Å². The summed E-state index contributed by atoms with van der Waals surface area (Å²) in [5.74, 6) is 0.816. The molecule has 1 aromatic rings. The Morgan fingerprint density at radius 1 is 1.21 bits per heavy atom. The van der Waals surface area contributed by atoms with Crippen molar-refractivity contribution in [2.45, 2.75) is 45.1 Å². The zero-order valence-electron chi connectivity index (χ0n) is 11.1. The van der Waals surface area contributed by atoms with Crippen LogP contribution in [0.5, 0.6) is 5.75 Å². The number of ether oxygens (including phenoxy) is 1. The summed E-state index contributed by atoms with van der Waals surface area (Å²) >= 11 is 0. The molecule has 5 heteroatoms. The first-order valence-electron chi connectivity index (χ1n) is 6.97. The van der Waals surface area contributed by atoms with Crippen LogP contribution in [0, 0.1) is 5.92 Å². The van der Waals surface area contributed by atoms with Crippen LogP contribution in [-0.4, -0.2) is 13.1 Å². The van der Waals surface area contributed by atoms with Gasteiger partial charge >= 0.3 is 6.98 Å². The zero-order valence-corrected chi connectivity index (χ0v) is 11.1. The number of hydrogen-bond donors (Lipinski definition) is 0. The summed E-state index contributed by atoms with van der Waals surface area (Å²) in [6.07, 6.45) is 5.45. The van der Waals surface area contributed by atoms with Crippen LogP contribution in [0.4, 0.5) is 12.9 Å². The largest absolute Gasteiger partial charge is 0.509 e. The second-order valence-corrected chi connectivity index (χ2v) is 5.26. The van der Waals surface area contributed by atoms with Crippen molar-refractivity contribution in [1.82, 2.24) is 0 Å². The molecule has 106 valence electrons. The molecule has 2 rings (SSSR count). The first kappa shape index (κ1) is 14.3. The van der Waals surface area contributed by atoms with Crippen LogP contribution in [0.15, 0.2) is 24.3 Å². The monoisotopic (exact) mass is 271 g/mol. The fourth-order valence-electron chi connectivity index (χ4n) is 2.76. The number of benzene rings is 1. The second kappa shape index (κ2) is 5.89. The van der Waals surface area contributed by atoms with E-state index in [2.05, 4.69) is 6.92 Å². The summed E-state index contributed by atoms with van der Waals surface area (Å²) in [5, 5.41) is 0. The van der Waals surface area contributed by atoms with Crippen molar-refractivity contribution in [3.63, 3.8) is 0 Å². The number of hydrogen-bond acceptors (Lipinski definition) is 1. The van der Waals surface area contributed by atoms with Gasteiger partial charge in [-0.15, -0.1) is 5.46 Å². The predicted molar refractivity (Wildman–Crippen MR) is 71.8 cm³/mol. The van der Waals surface area contributed by atoms with Gasteiger partial charge in [0.05, 0.1) is 0 Å². The summed E-state index contributed by atoms with van der Waals surface area (Å²) in [5.41, 5.74) is -0.582. The molecule has 0 spiro atoms. The van der Waals surface area contributed by atoms with Gasteiger partial charge in [-0.05, 0) is 43.7 Å². The van der Waals surface area contributed by atoms with Crippen LogP contribution < -0.4 is 10.2 Å². The Labute approximate surface area is 112 Å². The quantitative estimate of drug-likeness (QED) is 0.749. The maximum absolute atomic E-state index is 12.7. The third-order valence-electron chi connectivity index (χ3n) is 3.89. The van der Waals surface area contributed by atoms with Gasteiger partial charge in [0.1, 0.15) is 11.9 Å². The molecular formula is C14H19BF3O-. The normalized spacial score (nSPS) is 24.2. The van der Waals surface area contributed by atoms with E-state index in [-0.39, 0.29) is 6.10 Å². The SMILES string of the molecule is CCC1CCCCC1Oc1cccc([B-](F)(F)F)c1. The van der Waals surface area contributed by atoms with Crippen LogP contribution in [0.2, 0.25) is 0 Å². The summed E-state index contributed by atoms with van der Waals surface area (Å²) in [6, 6.07) is 5.27. The van der Waals surface area contributed by atoms with Crippen LogP contribution in [0.1, 0.15) is 39.0 Å². The van der Waals surface area contributed by atoms with Crippen LogP contribution in [0.3, 0.4) is 0 Å². The van der Waals surface area contributed by atoms with E-state index in [1.165, 1.54) is 12.5 Å². The molecule has 1 aliphatic rings. The van der Waals surface area contributed by atoms with Gasteiger partial charge in [-0.25, -0.2) is 0 Å². The van der Waals surface area contributed by atoms with Crippen molar-refractivity contribution in [2.75, 3.05) is 0 Å². The van der Waals surface area contributed by atoms with E-state index in [0.29, 0.717) is 11.7 Å². The highest BCUT2D eigenvalue weighted by Crippen LogP contribution is 2.30. The van der Waals surface area contributed by atoms with Gasteiger partial charge in [0, 0.05) is 0 Å². The summed E-state index contributed by atoms with van der Waals surface area (Å²) in [4.78, 5) is 0. The Bertz CT molecular complexity index is 419. The summed E-state index contributed by atoms with van der Waals surface area (Å²) in [7, 11) is 0. The number of rotatable bonds is 4. The molecule has 1 aromatic carbocycles. The van der Waals surface area contributed by atoms with Crippen molar-refractivity contribution in [3.05, 3.63) is 24.3 Å². The van der Waals surface area contributed by atoms with E-state index in [9.17, 15) is 12.9 Å². The molecule has 0 saturated heterocycles. The molecule has 0 aromatic heterocycles. The molecule has 19 heavy (non-hydrogen) atoms. The van der Waals surface area contributed by atoms with Crippen molar-refractivity contribution < 1.29 is 17.7 Å². The van der Waals surface area contributed by atoms with E-state index in [1.54, 1.807) is 6.07 Å². The fourth-order valence-corrected chi connectivity index (χ4v) is 2.76. The third-order valence-corrected chi connectivity index (χ3v) is 3.89. The van der Waals surface area contributed by atoms with E-state index < -0.39 is 12.4 Å². The van der Waals surface area contributed by atoms with Crippen molar-refractivity contribution in [1.29, 1.82) is 0 Å². The van der Waals surface area contributed by atoms with Crippen LogP contribution in [0.25, 0.3) is 0 Å². The summed E-state index contributed by atoms with van der Waals surface area (Å²) < 4.78 is 43.9. The van der Waals surface area contributed by atoms with Gasteiger partial charge in [0.15, 0.2) is 0 Å². The zero-order chi connectivity index (χ0) is 13.9. The molecule has 1 nitrogen and oxygen atoms in total. The minimum Gasteiger partial charge on any atom is -0.490 e. The fraction of sp³-hybridized carbons (Fsp3) is 0.571. The Kier molecular flexibility index (Phi) is 4.43. The standard InChI is InChI=1S/C14H19BF3O/c1-2-11-6-3-4-9-14(11)19-13-8-5-7-12(10-13)15(16,17)18/h5,7-8,10-11,14H,2-4,6,9H2,1H3/q-1. The Morgan fingerprint density at radius 2 is 1.95 bits per heavy atom. The predicted octanol–water partition coefficient (Wildman–Crippen LogP) is 4.09. The van der Waals surface area contributed by atoms with Gasteiger partial charge in [0.25, 0.3) is 0 Å². The van der Waals surface area contributed by atoms with E-state index in [1.807, 2.05) is 0 Å². The molecule has 2 atom stereocenters. The lowest BCUT2D eigenvalue weighted by molar-refractivity contribution is 0.0904. The first-order valence-corrected chi connectivity index (χ1v) is 6.97. The third kappa shape index (κ3) is 3.67. The lowest BCUT2D eigenvalue weighted by Crippen LogP contribution is -2.34. The van der Waals surface area contributed by atoms with Crippen LogP contribution >= 0.6 is 0 Å². The van der Waals surface area contributed by atoms with Gasteiger partial charge in [-0.3, -0.25) is 0 Å². The molecule has 1 aliphatic carbocycles. The van der Waals surface area contributed by atoms with Gasteiger partial charge in [-0.1, -0.05) is 25.5 Å². The van der Waals surface area contributed by atoms with Gasteiger partial charge in [0.2, 0.25) is 0 Å². The van der Waals surface area contributed by atoms with E-state index in [0.717, 1.165) is 37.8 Å².